The molecule has 0 saturated carbocycles. The van der Waals surface area contributed by atoms with Crippen molar-refractivity contribution in [3.05, 3.63) is 24.3 Å². The van der Waals surface area contributed by atoms with Crippen LogP contribution in [0.4, 0.5) is 5.69 Å². The molecule has 1 fully saturated rings. The topological polar surface area (TPSA) is 92.8 Å². The molecule has 2 aliphatic heterocycles. The van der Waals surface area contributed by atoms with Gasteiger partial charge in [0.15, 0.2) is 9.84 Å². The number of ether oxygens (including phenoxy) is 1. The minimum atomic E-state index is -3.12. The predicted octanol–water partition coefficient (Wildman–Crippen LogP) is 0.422. The Balaban J connectivity index is 1.85. The molecular formula is C15H18N2O5S. The molecule has 2 amide bonds. The molecule has 0 aliphatic carbocycles. The van der Waals surface area contributed by atoms with Gasteiger partial charge in [0.25, 0.3) is 17.4 Å². The van der Waals surface area contributed by atoms with Gasteiger partial charge in [-0.05, 0) is 25.5 Å². The number of para-hydroxylation sites is 2. The Labute approximate surface area is 134 Å². The van der Waals surface area contributed by atoms with Crippen molar-refractivity contribution in [1.29, 1.82) is 0 Å². The summed E-state index contributed by atoms with van der Waals surface area (Å²) >= 11 is 0. The lowest BCUT2D eigenvalue weighted by atomic mass is 10.00. The molecule has 124 valence electrons. The molecular weight excluding hydrogens is 320 g/mol. The first-order chi connectivity index (χ1) is 10.7. The van der Waals surface area contributed by atoms with Crippen molar-refractivity contribution in [2.24, 2.45) is 0 Å². The van der Waals surface area contributed by atoms with Gasteiger partial charge in [0.1, 0.15) is 5.75 Å². The minimum absolute atomic E-state index is 0.0574. The van der Waals surface area contributed by atoms with Crippen molar-refractivity contribution in [2.75, 3.05) is 23.9 Å². The summed E-state index contributed by atoms with van der Waals surface area (Å²) in [7, 11) is -1.61. The first-order valence-electron chi connectivity index (χ1n) is 7.30. The van der Waals surface area contributed by atoms with Gasteiger partial charge in [0.2, 0.25) is 0 Å². The maximum absolute atomic E-state index is 12.8. The Morgan fingerprint density at radius 3 is 2.74 bits per heavy atom. The van der Waals surface area contributed by atoms with Crippen molar-refractivity contribution in [2.45, 2.75) is 25.0 Å². The van der Waals surface area contributed by atoms with Crippen LogP contribution in [0, 0.1) is 0 Å². The molecule has 3 rings (SSSR count). The standard InChI is InChI=1S/C15H18N2O5S/c1-15(13(18)16-11-5-3-4-6-12(11)22-15)14(19)17(2)10-7-8-23(20,21)9-10/h3-6,10H,7-9H2,1-2H3,(H,16,18)/t10-,15-/m0/s1. The van der Waals surface area contributed by atoms with E-state index in [0.717, 1.165) is 0 Å². The zero-order chi connectivity index (χ0) is 16.8. The average molecular weight is 338 g/mol. The van der Waals surface area contributed by atoms with E-state index < -0.39 is 33.3 Å². The number of nitrogens with one attached hydrogen (secondary N) is 1. The highest BCUT2D eigenvalue weighted by atomic mass is 32.2. The van der Waals surface area contributed by atoms with Gasteiger partial charge in [0, 0.05) is 13.1 Å². The van der Waals surface area contributed by atoms with Crippen LogP contribution in [0.1, 0.15) is 13.3 Å². The number of hydrogen-bond acceptors (Lipinski definition) is 5. The van der Waals surface area contributed by atoms with E-state index in [1.54, 1.807) is 24.3 Å². The zero-order valence-corrected chi connectivity index (χ0v) is 13.7. The van der Waals surface area contributed by atoms with E-state index in [0.29, 0.717) is 17.9 Å². The molecule has 0 radical (unpaired) electrons. The van der Waals surface area contributed by atoms with Gasteiger partial charge >= 0.3 is 0 Å². The SMILES string of the molecule is CN(C(=O)[C@@]1(C)Oc2ccccc2NC1=O)[C@H]1CCS(=O)(=O)C1. The third-order valence-corrected chi connectivity index (χ3v) is 6.12. The van der Waals surface area contributed by atoms with E-state index in [-0.39, 0.29) is 11.5 Å². The highest BCUT2D eigenvalue weighted by Crippen LogP contribution is 2.34. The van der Waals surface area contributed by atoms with Gasteiger partial charge in [-0.1, -0.05) is 12.1 Å². The van der Waals surface area contributed by atoms with Crippen molar-refractivity contribution >= 4 is 27.3 Å². The minimum Gasteiger partial charge on any atom is -0.466 e. The third-order valence-electron chi connectivity index (χ3n) is 4.37. The maximum atomic E-state index is 12.8. The van der Waals surface area contributed by atoms with Crippen LogP contribution < -0.4 is 10.1 Å². The van der Waals surface area contributed by atoms with Crippen LogP contribution in [0.25, 0.3) is 0 Å². The van der Waals surface area contributed by atoms with E-state index in [4.69, 9.17) is 4.74 Å². The summed E-state index contributed by atoms with van der Waals surface area (Å²) < 4.78 is 28.9. The van der Waals surface area contributed by atoms with Crippen LogP contribution in [-0.4, -0.2) is 55.3 Å². The molecule has 0 unspecified atom stereocenters. The average Bonchev–Trinajstić information content (AvgIpc) is 2.87. The summed E-state index contributed by atoms with van der Waals surface area (Å²) in [6.45, 7) is 1.40. The molecule has 2 atom stereocenters. The zero-order valence-electron chi connectivity index (χ0n) is 12.9. The molecule has 1 saturated heterocycles. The van der Waals surface area contributed by atoms with Gasteiger partial charge in [-0.25, -0.2) is 8.42 Å². The molecule has 1 aromatic rings. The molecule has 1 aromatic carbocycles. The van der Waals surface area contributed by atoms with Crippen molar-refractivity contribution < 1.29 is 22.7 Å². The maximum Gasteiger partial charge on any atom is 0.278 e. The van der Waals surface area contributed by atoms with Crippen LogP contribution in [0.15, 0.2) is 24.3 Å². The van der Waals surface area contributed by atoms with Gasteiger partial charge in [-0.15, -0.1) is 0 Å². The van der Waals surface area contributed by atoms with E-state index in [1.165, 1.54) is 18.9 Å². The lowest BCUT2D eigenvalue weighted by molar-refractivity contribution is -0.154. The smallest absolute Gasteiger partial charge is 0.278 e. The number of carbonyl (C=O) groups excluding carboxylic acids is 2. The van der Waals surface area contributed by atoms with Gasteiger partial charge < -0.3 is 15.0 Å². The number of sulfone groups is 1. The van der Waals surface area contributed by atoms with Gasteiger partial charge in [-0.2, -0.15) is 0 Å². The molecule has 0 bridgehead atoms. The monoisotopic (exact) mass is 338 g/mol. The molecule has 23 heavy (non-hydrogen) atoms. The number of nitrogens with zero attached hydrogens (tertiary/aromatic N) is 1. The lowest BCUT2D eigenvalue weighted by Gasteiger charge is -2.37. The Kier molecular flexibility index (Phi) is 3.59. The quantitative estimate of drug-likeness (QED) is 0.789. The first kappa shape index (κ1) is 15.8. The number of hydrogen-bond donors (Lipinski definition) is 1. The molecule has 0 spiro atoms. The lowest BCUT2D eigenvalue weighted by Crippen LogP contribution is -2.60. The number of anilines is 1. The molecule has 7 nitrogen and oxygen atoms in total. The third kappa shape index (κ3) is 2.67. The van der Waals surface area contributed by atoms with E-state index >= 15 is 0 Å². The summed E-state index contributed by atoms with van der Waals surface area (Å²) in [6.07, 6.45) is 0.374. The van der Waals surface area contributed by atoms with Crippen molar-refractivity contribution in [1.82, 2.24) is 4.90 Å². The van der Waals surface area contributed by atoms with Crippen LogP contribution >= 0.6 is 0 Å². The summed E-state index contributed by atoms with van der Waals surface area (Å²) in [5.74, 6) is -0.721. The Bertz CT molecular complexity index is 776. The van der Waals surface area contributed by atoms with Gasteiger partial charge in [0.05, 0.1) is 17.2 Å². The first-order valence-corrected chi connectivity index (χ1v) is 9.12. The van der Waals surface area contributed by atoms with Crippen LogP contribution in [-0.2, 0) is 19.4 Å². The normalized spacial score (nSPS) is 28.4. The fourth-order valence-corrected chi connectivity index (χ4v) is 4.67. The molecule has 8 heteroatoms. The van der Waals surface area contributed by atoms with Crippen LogP contribution in [0.2, 0.25) is 0 Å². The number of likely N-dealkylation sites (N-methyl/N-ethyl adjacent to an activating group) is 1. The van der Waals surface area contributed by atoms with Crippen molar-refractivity contribution in [3.8, 4) is 5.75 Å². The Morgan fingerprint density at radius 2 is 2.09 bits per heavy atom. The largest absolute Gasteiger partial charge is 0.466 e. The summed E-state index contributed by atoms with van der Waals surface area (Å²) in [6, 6.07) is 6.42. The number of benzene rings is 1. The van der Waals surface area contributed by atoms with E-state index in [9.17, 15) is 18.0 Å². The molecule has 0 aromatic heterocycles. The fraction of sp³-hybridized carbons (Fsp3) is 0.467. The second-order valence-electron chi connectivity index (χ2n) is 6.06. The Hall–Kier alpha value is -2.09. The summed E-state index contributed by atoms with van der Waals surface area (Å²) in [5, 5.41) is 2.66. The number of rotatable bonds is 2. The fourth-order valence-electron chi connectivity index (χ4n) is 2.89. The second kappa shape index (κ2) is 5.23. The number of amides is 2. The highest BCUT2D eigenvalue weighted by Gasteiger charge is 2.50. The number of fused-ring (bicyclic) bond motifs is 1. The predicted molar refractivity (Wildman–Crippen MR) is 83.9 cm³/mol. The molecule has 2 heterocycles. The molecule has 1 N–H and O–H groups in total. The molecule has 2 aliphatic rings. The van der Waals surface area contributed by atoms with Crippen molar-refractivity contribution in [3.63, 3.8) is 0 Å². The summed E-state index contributed by atoms with van der Waals surface area (Å²) in [5.41, 5.74) is -1.20. The number of carbonyl (C=O) groups is 2. The Morgan fingerprint density at radius 1 is 1.39 bits per heavy atom. The van der Waals surface area contributed by atoms with Crippen LogP contribution in [0.3, 0.4) is 0 Å². The van der Waals surface area contributed by atoms with Crippen LogP contribution in [0.5, 0.6) is 5.75 Å². The van der Waals surface area contributed by atoms with E-state index in [2.05, 4.69) is 5.32 Å². The highest BCUT2D eigenvalue weighted by molar-refractivity contribution is 7.91. The summed E-state index contributed by atoms with van der Waals surface area (Å²) in [4.78, 5) is 26.5. The van der Waals surface area contributed by atoms with Gasteiger partial charge in [-0.3, -0.25) is 9.59 Å². The second-order valence-corrected chi connectivity index (χ2v) is 8.29. The van der Waals surface area contributed by atoms with E-state index in [1.807, 2.05) is 0 Å².